The second-order valence-electron chi connectivity index (χ2n) is 4.20. The molecule has 1 aliphatic heterocycles. The standard InChI is InChI=1S/C12H16N2O4S/c1-2-13(6-9-4-3-5-18-9)12(17)14-8-19-7-10(14)11(15)16/h3-5,10H,2,6-8H2,1H3,(H,15,16)/t10-/m0/s1. The maximum Gasteiger partial charge on any atom is 0.327 e. The van der Waals surface area contributed by atoms with Gasteiger partial charge in [-0.2, -0.15) is 0 Å². The average Bonchev–Trinajstić information content (AvgIpc) is 3.05. The number of furan rings is 1. The van der Waals surface area contributed by atoms with Crippen LogP contribution in [0.3, 0.4) is 0 Å². The van der Waals surface area contributed by atoms with Gasteiger partial charge in [-0.15, -0.1) is 11.8 Å². The summed E-state index contributed by atoms with van der Waals surface area (Å²) in [5.74, 6) is 0.602. The Kier molecular flexibility index (Phi) is 4.36. The number of carboxylic acids is 1. The fourth-order valence-electron chi connectivity index (χ4n) is 1.92. The summed E-state index contributed by atoms with van der Waals surface area (Å²) >= 11 is 1.46. The van der Waals surface area contributed by atoms with Crippen molar-refractivity contribution in [1.29, 1.82) is 0 Å². The van der Waals surface area contributed by atoms with Crippen LogP contribution in [0.15, 0.2) is 22.8 Å². The monoisotopic (exact) mass is 284 g/mol. The molecule has 104 valence electrons. The highest BCUT2D eigenvalue weighted by molar-refractivity contribution is 7.99. The van der Waals surface area contributed by atoms with Crippen molar-refractivity contribution in [3.05, 3.63) is 24.2 Å². The van der Waals surface area contributed by atoms with E-state index in [0.717, 1.165) is 0 Å². The summed E-state index contributed by atoms with van der Waals surface area (Å²) in [6, 6.07) is 2.57. The van der Waals surface area contributed by atoms with E-state index in [2.05, 4.69) is 0 Å². The molecule has 2 amide bonds. The molecule has 0 saturated carbocycles. The van der Waals surface area contributed by atoms with E-state index in [9.17, 15) is 9.59 Å². The first-order chi connectivity index (χ1) is 9.13. The Balaban J connectivity index is 2.05. The molecule has 1 aliphatic rings. The molecule has 7 heteroatoms. The number of carbonyl (C=O) groups is 2. The van der Waals surface area contributed by atoms with Gasteiger partial charge in [-0.25, -0.2) is 9.59 Å². The first kappa shape index (κ1) is 13.8. The number of hydrogen-bond acceptors (Lipinski definition) is 4. The van der Waals surface area contributed by atoms with Crippen molar-refractivity contribution in [2.45, 2.75) is 19.5 Å². The Morgan fingerprint density at radius 1 is 1.63 bits per heavy atom. The molecule has 19 heavy (non-hydrogen) atoms. The van der Waals surface area contributed by atoms with Gasteiger partial charge in [-0.3, -0.25) is 0 Å². The number of carbonyl (C=O) groups excluding carboxylic acids is 1. The molecular formula is C12H16N2O4S. The van der Waals surface area contributed by atoms with Crippen molar-refractivity contribution in [3.8, 4) is 0 Å². The van der Waals surface area contributed by atoms with Gasteiger partial charge < -0.3 is 19.3 Å². The second kappa shape index (κ2) is 6.01. The molecule has 1 aromatic rings. The van der Waals surface area contributed by atoms with Gasteiger partial charge in [0.15, 0.2) is 0 Å². The van der Waals surface area contributed by atoms with E-state index in [1.54, 1.807) is 23.3 Å². The normalized spacial score (nSPS) is 18.6. The van der Waals surface area contributed by atoms with E-state index < -0.39 is 12.0 Å². The van der Waals surface area contributed by atoms with Crippen molar-refractivity contribution in [3.63, 3.8) is 0 Å². The van der Waals surface area contributed by atoms with Crippen LogP contribution in [0.4, 0.5) is 4.79 Å². The van der Waals surface area contributed by atoms with E-state index in [0.29, 0.717) is 30.5 Å². The van der Waals surface area contributed by atoms with Crippen LogP contribution < -0.4 is 0 Å². The first-order valence-corrected chi connectivity index (χ1v) is 7.17. The van der Waals surface area contributed by atoms with E-state index in [-0.39, 0.29) is 6.03 Å². The van der Waals surface area contributed by atoms with Crippen LogP contribution >= 0.6 is 11.8 Å². The van der Waals surface area contributed by atoms with E-state index in [1.165, 1.54) is 16.7 Å². The molecule has 1 N–H and O–H groups in total. The Morgan fingerprint density at radius 2 is 2.42 bits per heavy atom. The maximum atomic E-state index is 12.4. The van der Waals surface area contributed by atoms with Gasteiger partial charge in [0.05, 0.1) is 18.7 Å². The fraction of sp³-hybridized carbons (Fsp3) is 0.500. The number of amides is 2. The predicted octanol–water partition coefficient (Wildman–Crippen LogP) is 1.68. The topological polar surface area (TPSA) is 74.0 Å². The van der Waals surface area contributed by atoms with Gasteiger partial charge in [0.2, 0.25) is 0 Å². The van der Waals surface area contributed by atoms with Gasteiger partial charge >= 0.3 is 12.0 Å². The Bertz CT molecular complexity index is 449. The van der Waals surface area contributed by atoms with Crippen LogP contribution in [0, 0.1) is 0 Å². The third kappa shape index (κ3) is 3.04. The Hall–Kier alpha value is -1.63. The average molecular weight is 284 g/mol. The van der Waals surface area contributed by atoms with Crippen LogP contribution in [0.1, 0.15) is 12.7 Å². The summed E-state index contributed by atoms with van der Waals surface area (Å²) in [5, 5.41) is 9.10. The van der Waals surface area contributed by atoms with Crippen molar-refractivity contribution >= 4 is 23.8 Å². The van der Waals surface area contributed by atoms with Crippen molar-refractivity contribution in [2.24, 2.45) is 0 Å². The third-order valence-electron chi connectivity index (χ3n) is 2.99. The highest BCUT2D eigenvalue weighted by Gasteiger charge is 2.36. The predicted molar refractivity (Wildman–Crippen MR) is 70.8 cm³/mol. The molecule has 1 saturated heterocycles. The summed E-state index contributed by atoms with van der Waals surface area (Å²) in [5.41, 5.74) is 0. The summed E-state index contributed by atoms with van der Waals surface area (Å²) in [4.78, 5) is 26.4. The number of hydrogen-bond donors (Lipinski definition) is 1. The van der Waals surface area contributed by atoms with Crippen molar-refractivity contribution < 1.29 is 19.1 Å². The maximum absolute atomic E-state index is 12.4. The molecule has 1 fully saturated rings. The number of nitrogens with zero attached hydrogens (tertiary/aromatic N) is 2. The number of rotatable bonds is 4. The van der Waals surface area contributed by atoms with Crippen LogP contribution in [-0.4, -0.2) is 51.1 Å². The van der Waals surface area contributed by atoms with Gasteiger partial charge in [0.25, 0.3) is 0 Å². The number of aliphatic carboxylic acids is 1. The molecule has 6 nitrogen and oxygen atoms in total. The highest BCUT2D eigenvalue weighted by Crippen LogP contribution is 2.23. The van der Waals surface area contributed by atoms with E-state index >= 15 is 0 Å². The fourth-order valence-corrected chi connectivity index (χ4v) is 3.06. The van der Waals surface area contributed by atoms with E-state index in [1.807, 2.05) is 6.92 Å². The lowest BCUT2D eigenvalue weighted by molar-refractivity contribution is -0.140. The van der Waals surface area contributed by atoms with Crippen LogP contribution in [-0.2, 0) is 11.3 Å². The quantitative estimate of drug-likeness (QED) is 0.910. The molecular weight excluding hydrogens is 268 g/mol. The largest absolute Gasteiger partial charge is 0.480 e. The molecule has 0 aromatic carbocycles. The van der Waals surface area contributed by atoms with Gasteiger partial charge in [0.1, 0.15) is 11.8 Å². The minimum Gasteiger partial charge on any atom is -0.480 e. The molecule has 0 unspecified atom stereocenters. The molecule has 2 rings (SSSR count). The summed E-state index contributed by atoms with van der Waals surface area (Å²) in [6.07, 6.45) is 1.55. The lowest BCUT2D eigenvalue weighted by Crippen LogP contribution is -2.48. The molecule has 2 heterocycles. The second-order valence-corrected chi connectivity index (χ2v) is 5.20. The lowest BCUT2D eigenvalue weighted by atomic mass is 10.3. The van der Waals surface area contributed by atoms with Crippen molar-refractivity contribution in [1.82, 2.24) is 9.80 Å². The highest BCUT2D eigenvalue weighted by atomic mass is 32.2. The van der Waals surface area contributed by atoms with Crippen molar-refractivity contribution in [2.75, 3.05) is 18.2 Å². The SMILES string of the molecule is CCN(Cc1ccco1)C(=O)N1CSC[C@H]1C(=O)O. The van der Waals surface area contributed by atoms with Gasteiger partial charge in [0, 0.05) is 12.3 Å². The number of thioether (sulfide) groups is 1. The summed E-state index contributed by atoms with van der Waals surface area (Å²) < 4.78 is 5.22. The smallest absolute Gasteiger partial charge is 0.327 e. The summed E-state index contributed by atoms with van der Waals surface area (Å²) in [6.45, 7) is 2.72. The lowest BCUT2D eigenvalue weighted by Gasteiger charge is -2.28. The molecule has 0 bridgehead atoms. The zero-order valence-electron chi connectivity index (χ0n) is 10.6. The zero-order chi connectivity index (χ0) is 13.8. The minimum absolute atomic E-state index is 0.253. The molecule has 0 spiro atoms. The first-order valence-electron chi connectivity index (χ1n) is 6.02. The van der Waals surface area contributed by atoms with E-state index in [4.69, 9.17) is 9.52 Å². The molecule has 1 atom stereocenters. The van der Waals surface area contributed by atoms with Crippen LogP contribution in [0.25, 0.3) is 0 Å². The van der Waals surface area contributed by atoms with Crippen LogP contribution in [0.2, 0.25) is 0 Å². The van der Waals surface area contributed by atoms with Gasteiger partial charge in [-0.05, 0) is 19.1 Å². The Labute approximate surface area is 115 Å². The number of urea groups is 1. The third-order valence-corrected chi connectivity index (χ3v) is 4.00. The van der Waals surface area contributed by atoms with Crippen LogP contribution in [0.5, 0.6) is 0 Å². The molecule has 0 radical (unpaired) electrons. The number of carboxylic acid groups (broad SMARTS) is 1. The zero-order valence-corrected chi connectivity index (χ0v) is 11.4. The molecule has 0 aliphatic carbocycles. The minimum atomic E-state index is -0.951. The van der Waals surface area contributed by atoms with Gasteiger partial charge in [-0.1, -0.05) is 0 Å². The summed E-state index contributed by atoms with van der Waals surface area (Å²) in [7, 11) is 0. The Morgan fingerprint density at radius 3 is 3.00 bits per heavy atom. The molecule has 1 aromatic heterocycles.